The summed E-state index contributed by atoms with van der Waals surface area (Å²) in [5.74, 6) is -1.05. The van der Waals surface area contributed by atoms with Gasteiger partial charge in [-0.15, -0.1) is 0 Å². The van der Waals surface area contributed by atoms with Crippen molar-refractivity contribution in [1.29, 1.82) is 0 Å². The predicted octanol–water partition coefficient (Wildman–Crippen LogP) is 1.58. The summed E-state index contributed by atoms with van der Waals surface area (Å²) in [4.78, 5) is 39.4. The van der Waals surface area contributed by atoms with Gasteiger partial charge in [-0.2, -0.15) is 0 Å². The molecule has 1 unspecified atom stereocenters. The van der Waals surface area contributed by atoms with Crippen LogP contribution in [-0.2, 0) is 31.6 Å². The first kappa shape index (κ1) is 22.0. The quantitative estimate of drug-likeness (QED) is 0.663. The summed E-state index contributed by atoms with van der Waals surface area (Å²) in [7, 11) is -0.845. The van der Waals surface area contributed by atoms with Crippen LogP contribution < -0.4 is 10.6 Å². The average Bonchev–Trinajstić information content (AvgIpc) is 3.23. The van der Waals surface area contributed by atoms with Crippen LogP contribution in [0.5, 0.6) is 0 Å². The molecule has 0 radical (unpaired) electrons. The number of amides is 4. The van der Waals surface area contributed by atoms with Gasteiger partial charge in [0.05, 0.1) is 4.90 Å². The largest absolute Gasteiger partial charge is 0.325 e. The Morgan fingerprint density at radius 2 is 1.91 bits per heavy atom. The molecule has 1 aliphatic carbocycles. The second-order valence-electron chi connectivity index (χ2n) is 8.20. The van der Waals surface area contributed by atoms with Crippen molar-refractivity contribution in [2.24, 2.45) is 0 Å². The number of imide groups is 1. The molecule has 0 bridgehead atoms. The number of hydrogen-bond donors (Lipinski definition) is 2. The fourth-order valence-corrected chi connectivity index (χ4v) is 5.10. The first-order chi connectivity index (χ1) is 15.1. The second kappa shape index (κ2) is 7.72. The number of sulfonamides is 1. The number of aryl methyl sites for hydroxylation is 2. The molecule has 168 valence electrons. The smallest absolute Gasteiger partial charge is 0.324 e. The van der Waals surface area contributed by atoms with Gasteiger partial charge in [-0.1, -0.05) is 30.3 Å². The van der Waals surface area contributed by atoms with E-state index < -0.39 is 40.0 Å². The highest BCUT2D eigenvalue weighted by Crippen LogP contribution is 2.41. The van der Waals surface area contributed by atoms with Crippen molar-refractivity contribution < 1.29 is 22.8 Å². The fraction of sp³-hybridized carbons (Fsp3) is 0.318. The van der Waals surface area contributed by atoms with Gasteiger partial charge >= 0.3 is 6.03 Å². The summed E-state index contributed by atoms with van der Waals surface area (Å²) in [5.41, 5.74) is 1.57. The van der Waals surface area contributed by atoms with E-state index in [4.69, 9.17) is 0 Å². The molecular weight excluding hydrogens is 432 g/mol. The molecule has 2 aromatic rings. The molecule has 1 atom stereocenters. The zero-order chi connectivity index (χ0) is 23.3. The Labute approximate surface area is 186 Å². The van der Waals surface area contributed by atoms with Gasteiger partial charge in [0.2, 0.25) is 15.9 Å². The van der Waals surface area contributed by atoms with Gasteiger partial charge in [0.15, 0.2) is 0 Å². The molecule has 1 saturated heterocycles. The lowest BCUT2D eigenvalue weighted by Crippen LogP contribution is -2.43. The summed E-state index contributed by atoms with van der Waals surface area (Å²) in [5, 5.41) is 5.41. The number of rotatable bonds is 5. The summed E-state index contributed by atoms with van der Waals surface area (Å²) < 4.78 is 25.9. The lowest BCUT2D eigenvalue weighted by molar-refractivity contribution is -0.134. The van der Waals surface area contributed by atoms with Crippen molar-refractivity contribution in [2.75, 3.05) is 26.0 Å². The molecule has 1 spiro atoms. The van der Waals surface area contributed by atoms with Crippen LogP contribution in [0.15, 0.2) is 47.4 Å². The van der Waals surface area contributed by atoms with Crippen LogP contribution in [-0.4, -0.2) is 56.1 Å². The van der Waals surface area contributed by atoms with Crippen LogP contribution in [0.4, 0.5) is 10.5 Å². The van der Waals surface area contributed by atoms with Gasteiger partial charge < -0.3 is 10.6 Å². The molecule has 1 heterocycles. The normalized spacial score (nSPS) is 20.1. The molecule has 9 nitrogen and oxygen atoms in total. The Balaban J connectivity index is 1.54. The van der Waals surface area contributed by atoms with Crippen LogP contribution in [0, 0.1) is 6.92 Å². The molecule has 2 aliphatic rings. The highest BCUT2D eigenvalue weighted by atomic mass is 32.2. The number of urea groups is 1. The molecule has 4 rings (SSSR count). The SMILES string of the molecule is Cc1ccc(S(=O)(=O)N(C)C)cc1NC(=O)CN1C(=O)NC2(CCc3ccccc32)C1=O. The number of nitrogens with zero attached hydrogens (tertiary/aromatic N) is 2. The molecule has 1 fully saturated rings. The van der Waals surface area contributed by atoms with Gasteiger partial charge in [-0.3, -0.25) is 14.5 Å². The third kappa shape index (κ3) is 3.45. The van der Waals surface area contributed by atoms with Gasteiger partial charge in [-0.05, 0) is 48.6 Å². The van der Waals surface area contributed by atoms with Gasteiger partial charge in [0.1, 0.15) is 12.1 Å². The van der Waals surface area contributed by atoms with Crippen molar-refractivity contribution in [3.8, 4) is 0 Å². The predicted molar refractivity (Wildman–Crippen MR) is 117 cm³/mol. The number of fused-ring (bicyclic) bond motifs is 2. The van der Waals surface area contributed by atoms with E-state index >= 15 is 0 Å². The number of anilines is 1. The minimum atomic E-state index is -3.68. The molecule has 32 heavy (non-hydrogen) atoms. The Bertz CT molecular complexity index is 1240. The van der Waals surface area contributed by atoms with E-state index in [1.807, 2.05) is 24.3 Å². The van der Waals surface area contributed by atoms with Crippen LogP contribution in [0.2, 0.25) is 0 Å². The van der Waals surface area contributed by atoms with Crippen LogP contribution in [0.25, 0.3) is 0 Å². The van der Waals surface area contributed by atoms with Crippen molar-refractivity contribution in [1.82, 2.24) is 14.5 Å². The van der Waals surface area contributed by atoms with Crippen molar-refractivity contribution >= 4 is 33.6 Å². The average molecular weight is 457 g/mol. The maximum absolute atomic E-state index is 13.2. The van der Waals surface area contributed by atoms with E-state index in [-0.39, 0.29) is 4.90 Å². The molecule has 2 N–H and O–H groups in total. The minimum absolute atomic E-state index is 0.0277. The number of benzene rings is 2. The summed E-state index contributed by atoms with van der Waals surface area (Å²) >= 11 is 0. The summed E-state index contributed by atoms with van der Waals surface area (Å²) in [6.45, 7) is 1.25. The molecule has 0 saturated carbocycles. The molecule has 4 amide bonds. The summed E-state index contributed by atoms with van der Waals surface area (Å²) in [6, 6.07) is 11.2. The molecule has 0 aromatic heterocycles. The van der Waals surface area contributed by atoms with Crippen molar-refractivity contribution in [3.05, 3.63) is 59.2 Å². The third-order valence-electron chi connectivity index (χ3n) is 5.99. The Kier molecular flexibility index (Phi) is 5.30. The highest BCUT2D eigenvalue weighted by molar-refractivity contribution is 7.89. The maximum atomic E-state index is 13.2. The van der Waals surface area contributed by atoms with Gasteiger partial charge in [0, 0.05) is 19.8 Å². The van der Waals surface area contributed by atoms with Crippen LogP contribution in [0.3, 0.4) is 0 Å². The molecule has 2 aromatic carbocycles. The van der Waals surface area contributed by atoms with E-state index in [2.05, 4.69) is 10.6 Å². The number of hydrogen-bond acceptors (Lipinski definition) is 5. The second-order valence-corrected chi connectivity index (χ2v) is 10.3. The zero-order valence-corrected chi connectivity index (χ0v) is 18.8. The highest BCUT2D eigenvalue weighted by Gasteiger charge is 2.55. The number of nitrogens with one attached hydrogen (secondary N) is 2. The van der Waals surface area contributed by atoms with E-state index in [1.54, 1.807) is 13.0 Å². The number of carbonyl (C=O) groups is 3. The molecule has 1 aliphatic heterocycles. The Morgan fingerprint density at radius 3 is 2.62 bits per heavy atom. The maximum Gasteiger partial charge on any atom is 0.325 e. The third-order valence-corrected chi connectivity index (χ3v) is 7.80. The molecular formula is C22H24N4O5S. The van der Waals surface area contributed by atoms with Crippen molar-refractivity contribution in [3.63, 3.8) is 0 Å². The lowest BCUT2D eigenvalue weighted by Gasteiger charge is -2.22. The van der Waals surface area contributed by atoms with E-state index in [0.717, 1.165) is 20.3 Å². The molecule has 10 heteroatoms. The van der Waals surface area contributed by atoms with E-state index in [9.17, 15) is 22.8 Å². The monoisotopic (exact) mass is 456 g/mol. The first-order valence-corrected chi connectivity index (χ1v) is 11.6. The minimum Gasteiger partial charge on any atom is -0.324 e. The Morgan fingerprint density at radius 1 is 1.19 bits per heavy atom. The topological polar surface area (TPSA) is 116 Å². The van der Waals surface area contributed by atoms with Gasteiger partial charge in [0.25, 0.3) is 5.91 Å². The van der Waals surface area contributed by atoms with E-state index in [1.165, 1.54) is 26.2 Å². The fourth-order valence-electron chi connectivity index (χ4n) is 4.17. The van der Waals surface area contributed by atoms with E-state index in [0.29, 0.717) is 24.1 Å². The first-order valence-electron chi connectivity index (χ1n) is 10.1. The Hall–Kier alpha value is -3.24. The van der Waals surface area contributed by atoms with Crippen LogP contribution >= 0.6 is 0 Å². The zero-order valence-electron chi connectivity index (χ0n) is 18.0. The van der Waals surface area contributed by atoms with Gasteiger partial charge in [-0.25, -0.2) is 17.5 Å². The van der Waals surface area contributed by atoms with Crippen molar-refractivity contribution in [2.45, 2.75) is 30.2 Å². The number of carbonyl (C=O) groups excluding carboxylic acids is 3. The van der Waals surface area contributed by atoms with Crippen LogP contribution in [0.1, 0.15) is 23.1 Å². The lowest BCUT2D eigenvalue weighted by atomic mass is 9.92. The summed E-state index contributed by atoms with van der Waals surface area (Å²) in [6.07, 6.45) is 1.10. The standard InChI is InChI=1S/C22H24N4O5S/c1-14-8-9-16(32(30,31)25(2)3)12-18(14)23-19(27)13-26-20(28)22(24-21(26)29)11-10-15-6-4-5-7-17(15)22/h4-9,12H,10-11,13H2,1-3H3,(H,23,27)(H,24,29).